The molecule has 1 heterocycles. The molecule has 0 bridgehead atoms. The molecule has 1 fully saturated rings. The van der Waals surface area contributed by atoms with E-state index in [0.29, 0.717) is 12.8 Å². The Bertz CT molecular complexity index is 452. The van der Waals surface area contributed by atoms with Crippen LogP contribution in [0.2, 0.25) is 0 Å². The lowest BCUT2D eigenvalue weighted by Crippen LogP contribution is -2.37. The molecule has 20 heavy (non-hydrogen) atoms. The van der Waals surface area contributed by atoms with E-state index < -0.39 is 17.7 Å². The molecule has 1 aromatic carbocycles. The summed E-state index contributed by atoms with van der Waals surface area (Å²) in [6.07, 6.45) is -4.23. The van der Waals surface area contributed by atoms with Gasteiger partial charge < -0.3 is 10.6 Å². The van der Waals surface area contributed by atoms with Crippen LogP contribution in [0.1, 0.15) is 18.4 Å². The number of para-hydroxylation sites is 1. The van der Waals surface area contributed by atoms with Crippen LogP contribution in [-0.2, 0) is 5.92 Å². The molecule has 0 spiro atoms. The van der Waals surface area contributed by atoms with E-state index in [9.17, 15) is 22.0 Å². The van der Waals surface area contributed by atoms with Gasteiger partial charge in [-0.3, -0.25) is 0 Å². The standard InChI is InChI=1S/C13H15F5N2/c14-12(15,13(16,17)18)10-3-1-2-4-11(10)20-9-5-7-19-8-6-9/h1-4,9,19-20H,5-8H2. The largest absolute Gasteiger partial charge is 0.458 e. The van der Waals surface area contributed by atoms with E-state index in [4.69, 9.17) is 0 Å². The van der Waals surface area contributed by atoms with Gasteiger partial charge in [-0.25, -0.2) is 0 Å². The summed E-state index contributed by atoms with van der Waals surface area (Å²) in [6, 6.07) is 4.61. The number of alkyl halides is 5. The van der Waals surface area contributed by atoms with Gasteiger partial charge in [0.1, 0.15) is 0 Å². The predicted octanol–water partition coefficient (Wildman–Crippen LogP) is 3.50. The van der Waals surface area contributed by atoms with E-state index in [2.05, 4.69) is 10.6 Å². The fourth-order valence-corrected chi connectivity index (χ4v) is 2.22. The minimum atomic E-state index is -5.60. The van der Waals surface area contributed by atoms with Gasteiger partial charge in [0.2, 0.25) is 0 Å². The van der Waals surface area contributed by atoms with Crippen LogP contribution in [0, 0.1) is 0 Å². The van der Waals surface area contributed by atoms with Crippen molar-refractivity contribution in [1.29, 1.82) is 0 Å². The van der Waals surface area contributed by atoms with Gasteiger partial charge in [0.25, 0.3) is 0 Å². The van der Waals surface area contributed by atoms with Crippen molar-refractivity contribution in [2.24, 2.45) is 0 Å². The van der Waals surface area contributed by atoms with E-state index in [0.717, 1.165) is 19.2 Å². The fourth-order valence-electron chi connectivity index (χ4n) is 2.22. The second kappa shape index (κ2) is 5.55. The first-order valence-corrected chi connectivity index (χ1v) is 6.33. The molecular weight excluding hydrogens is 279 g/mol. The minimum Gasteiger partial charge on any atom is -0.382 e. The first kappa shape index (κ1) is 15.0. The summed E-state index contributed by atoms with van der Waals surface area (Å²) >= 11 is 0. The lowest BCUT2D eigenvalue weighted by Gasteiger charge is -2.28. The Morgan fingerprint density at radius 2 is 1.60 bits per heavy atom. The molecular formula is C13H15F5N2. The number of hydrogen-bond donors (Lipinski definition) is 2. The minimum absolute atomic E-state index is 0.0959. The first-order chi connectivity index (χ1) is 9.32. The van der Waals surface area contributed by atoms with E-state index in [1.54, 1.807) is 0 Å². The van der Waals surface area contributed by atoms with Crippen molar-refractivity contribution in [3.05, 3.63) is 29.8 Å². The maximum atomic E-state index is 13.5. The van der Waals surface area contributed by atoms with E-state index >= 15 is 0 Å². The van der Waals surface area contributed by atoms with Crippen molar-refractivity contribution < 1.29 is 22.0 Å². The Morgan fingerprint density at radius 1 is 1.00 bits per heavy atom. The van der Waals surface area contributed by atoms with Gasteiger partial charge >= 0.3 is 12.1 Å². The summed E-state index contributed by atoms with van der Waals surface area (Å²) in [4.78, 5) is 0. The zero-order valence-corrected chi connectivity index (χ0v) is 10.6. The van der Waals surface area contributed by atoms with Crippen molar-refractivity contribution in [3.63, 3.8) is 0 Å². The molecule has 0 unspecified atom stereocenters. The number of anilines is 1. The average molecular weight is 294 g/mol. The number of benzene rings is 1. The smallest absolute Gasteiger partial charge is 0.382 e. The third kappa shape index (κ3) is 3.03. The molecule has 0 atom stereocenters. The Kier molecular flexibility index (Phi) is 4.17. The highest BCUT2D eigenvalue weighted by Crippen LogP contribution is 2.46. The number of rotatable bonds is 3. The van der Waals surface area contributed by atoms with Gasteiger partial charge in [-0.15, -0.1) is 0 Å². The molecule has 0 saturated carbocycles. The van der Waals surface area contributed by atoms with Crippen molar-refractivity contribution in [2.45, 2.75) is 31.0 Å². The summed E-state index contributed by atoms with van der Waals surface area (Å²) in [6.45, 7) is 1.44. The molecule has 112 valence electrons. The van der Waals surface area contributed by atoms with Crippen LogP contribution >= 0.6 is 0 Å². The zero-order valence-electron chi connectivity index (χ0n) is 10.6. The second-order valence-electron chi connectivity index (χ2n) is 4.79. The highest BCUT2D eigenvalue weighted by Gasteiger charge is 2.59. The van der Waals surface area contributed by atoms with Crippen LogP contribution in [0.15, 0.2) is 24.3 Å². The number of hydrogen-bond acceptors (Lipinski definition) is 2. The molecule has 1 aromatic rings. The van der Waals surface area contributed by atoms with E-state index in [1.165, 1.54) is 18.2 Å². The van der Waals surface area contributed by atoms with Gasteiger partial charge in [0, 0.05) is 11.7 Å². The van der Waals surface area contributed by atoms with Crippen LogP contribution in [-0.4, -0.2) is 25.3 Å². The molecule has 0 radical (unpaired) electrons. The van der Waals surface area contributed by atoms with Crippen LogP contribution in [0.4, 0.5) is 27.6 Å². The van der Waals surface area contributed by atoms with Crippen molar-refractivity contribution in [2.75, 3.05) is 18.4 Å². The molecule has 2 nitrogen and oxygen atoms in total. The summed E-state index contributed by atoms with van der Waals surface area (Å²) in [5.74, 6) is -4.86. The van der Waals surface area contributed by atoms with Crippen molar-refractivity contribution in [1.82, 2.24) is 5.32 Å². The highest BCUT2D eigenvalue weighted by molar-refractivity contribution is 5.54. The van der Waals surface area contributed by atoms with E-state index in [1.807, 2.05) is 0 Å². The van der Waals surface area contributed by atoms with Gasteiger partial charge in [0.15, 0.2) is 0 Å². The number of piperidine rings is 1. The molecule has 0 amide bonds. The Balaban J connectivity index is 2.26. The Morgan fingerprint density at radius 3 is 2.20 bits per heavy atom. The predicted molar refractivity (Wildman–Crippen MR) is 65.9 cm³/mol. The maximum Gasteiger partial charge on any atom is 0.458 e. The summed E-state index contributed by atoms with van der Waals surface area (Å²) in [7, 11) is 0. The third-order valence-electron chi connectivity index (χ3n) is 3.32. The quantitative estimate of drug-likeness (QED) is 0.834. The summed E-state index contributed by atoms with van der Waals surface area (Å²) < 4.78 is 64.5. The molecule has 1 aliphatic rings. The van der Waals surface area contributed by atoms with Gasteiger partial charge in [-0.05, 0) is 32.0 Å². The first-order valence-electron chi connectivity index (χ1n) is 6.33. The zero-order chi connectivity index (χ0) is 14.8. The van der Waals surface area contributed by atoms with Gasteiger partial charge in [-0.2, -0.15) is 22.0 Å². The summed E-state index contributed by atoms with van der Waals surface area (Å²) in [5, 5.41) is 5.91. The summed E-state index contributed by atoms with van der Waals surface area (Å²) in [5.41, 5.74) is -1.17. The number of halogens is 5. The SMILES string of the molecule is FC(F)(F)C(F)(F)c1ccccc1NC1CCNCC1. The highest BCUT2D eigenvalue weighted by atomic mass is 19.4. The van der Waals surface area contributed by atoms with E-state index in [-0.39, 0.29) is 11.7 Å². The molecule has 0 aliphatic carbocycles. The molecule has 2 N–H and O–H groups in total. The Hall–Kier alpha value is -1.37. The topological polar surface area (TPSA) is 24.1 Å². The fraction of sp³-hybridized carbons (Fsp3) is 0.538. The maximum absolute atomic E-state index is 13.5. The molecule has 1 saturated heterocycles. The molecule has 1 aliphatic heterocycles. The second-order valence-corrected chi connectivity index (χ2v) is 4.79. The van der Waals surface area contributed by atoms with Crippen molar-refractivity contribution in [3.8, 4) is 0 Å². The molecule has 7 heteroatoms. The third-order valence-corrected chi connectivity index (χ3v) is 3.32. The lowest BCUT2D eigenvalue weighted by molar-refractivity contribution is -0.289. The molecule has 0 aromatic heterocycles. The van der Waals surface area contributed by atoms with Crippen LogP contribution in [0.5, 0.6) is 0 Å². The van der Waals surface area contributed by atoms with Gasteiger partial charge in [0.05, 0.1) is 5.56 Å². The monoisotopic (exact) mass is 294 g/mol. The molecule has 2 rings (SSSR count). The van der Waals surface area contributed by atoms with Crippen LogP contribution < -0.4 is 10.6 Å². The van der Waals surface area contributed by atoms with Crippen molar-refractivity contribution >= 4 is 5.69 Å². The van der Waals surface area contributed by atoms with Crippen LogP contribution in [0.3, 0.4) is 0 Å². The van der Waals surface area contributed by atoms with Gasteiger partial charge in [-0.1, -0.05) is 18.2 Å². The Labute approximate surface area is 113 Å². The van der Waals surface area contributed by atoms with Crippen LogP contribution in [0.25, 0.3) is 0 Å². The average Bonchev–Trinajstić information content (AvgIpc) is 2.39. The normalized spacial score (nSPS) is 18.1. The number of nitrogens with one attached hydrogen (secondary N) is 2. The lowest BCUT2D eigenvalue weighted by atomic mass is 10.0.